The average molecular weight is 271 g/mol. The molecule has 0 fully saturated rings. The van der Waals surface area contributed by atoms with E-state index < -0.39 is 0 Å². The summed E-state index contributed by atoms with van der Waals surface area (Å²) in [5, 5.41) is 7.25. The van der Waals surface area contributed by atoms with E-state index in [2.05, 4.69) is 69.1 Å². The molecule has 1 aromatic carbocycles. The molecule has 3 heteroatoms. The number of hydrogen-bond donors (Lipinski definition) is 2. The summed E-state index contributed by atoms with van der Waals surface area (Å²) >= 11 is 0. The fraction of sp³-hybridized carbons (Fsp3) is 0.471. The molecule has 0 amide bonds. The molecule has 0 saturated heterocycles. The van der Waals surface area contributed by atoms with E-state index in [1.54, 1.807) is 0 Å². The van der Waals surface area contributed by atoms with Gasteiger partial charge in [-0.05, 0) is 28.9 Å². The number of H-pyrrole nitrogens is 1. The normalized spacial score (nSPS) is 12.1. The number of benzene rings is 1. The van der Waals surface area contributed by atoms with Crippen LogP contribution in [0.1, 0.15) is 45.7 Å². The van der Waals surface area contributed by atoms with Crippen LogP contribution >= 0.6 is 0 Å². The zero-order chi connectivity index (χ0) is 14.9. The topological polar surface area (TPSA) is 54.7 Å². The molecule has 3 N–H and O–H groups in total. The van der Waals surface area contributed by atoms with Gasteiger partial charge in [-0.1, -0.05) is 58.9 Å². The lowest BCUT2D eigenvalue weighted by Gasteiger charge is -2.19. The van der Waals surface area contributed by atoms with Gasteiger partial charge in [-0.25, -0.2) is 0 Å². The molecule has 0 aliphatic carbocycles. The van der Waals surface area contributed by atoms with Crippen LogP contribution in [0, 0.1) is 5.92 Å². The smallest absolute Gasteiger partial charge is 0.149 e. The third-order valence-corrected chi connectivity index (χ3v) is 3.55. The van der Waals surface area contributed by atoms with Crippen molar-refractivity contribution in [1.82, 2.24) is 10.2 Å². The number of rotatable bonds is 3. The first kappa shape index (κ1) is 14.6. The van der Waals surface area contributed by atoms with Gasteiger partial charge in [0, 0.05) is 5.56 Å². The SMILES string of the molecule is CC(C)Cc1c(N)n[nH]c1-c1ccc(C(C)(C)C)cc1. The van der Waals surface area contributed by atoms with Crippen molar-refractivity contribution in [3.8, 4) is 11.3 Å². The summed E-state index contributed by atoms with van der Waals surface area (Å²) in [5.41, 5.74) is 10.8. The Bertz CT molecular complexity index is 571. The van der Waals surface area contributed by atoms with Gasteiger partial charge in [0.05, 0.1) is 5.69 Å². The highest BCUT2D eigenvalue weighted by atomic mass is 15.2. The second-order valence-electron chi connectivity index (χ2n) is 6.89. The number of nitrogens with two attached hydrogens (primary N) is 1. The Morgan fingerprint density at radius 1 is 1.15 bits per heavy atom. The molecular formula is C17H25N3. The lowest BCUT2D eigenvalue weighted by atomic mass is 9.86. The van der Waals surface area contributed by atoms with E-state index >= 15 is 0 Å². The van der Waals surface area contributed by atoms with Crippen molar-refractivity contribution >= 4 is 5.82 Å². The second-order valence-corrected chi connectivity index (χ2v) is 6.89. The number of hydrogen-bond acceptors (Lipinski definition) is 2. The van der Waals surface area contributed by atoms with Gasteiger partial charge < -0.3 is 5.73 Å². The first-order valence-corrected chi connectivity index (χ1v) is 7.22. The predicted molar refractivity (Wildman–Crippen MR) is 85.7 cm³/mol. The zero-order valence-corrected chi connectivity index (χ0v) is 13.1. The first-order valence-electron chi connectivity index (χ1n) is 7.22. The first-order chi connectivity index (χ1) is 9.29. The molecule has 0 atom stereocenters. The number of nitrogens with one attached hydrogen (secondary N) is 1. The molecule has 1 aromatic heterocycles. The summed E-state index contributed by atoms with van der Waals surface area (Å²) in [6.45, 7) is 11.1. The molecular weight excluding hydrogens is 246 g/mol. The Labute approximate surface area is 121 Å². The molecule has 0 saturated carbocycles. The molecule has 0 spiro atoms. The molecule has 20 heavy (non-hydrogen) atoms. The Balaban J connectivity index is 2.37. The van der Waals surface area contributed by atoms with Gasteiger partial charge in [-0.15, -0.1) is 0 Å². The lowest BCUT2D eigenvalue weighted by molar-refractivity contribution is 0.590. The minimum atomic E-state index is 0.173. The maximum atomic E-state index is 5.98. The van der Waals surface area contributed by atoms with Crippen molar-refractivity contribution < 1.29 is 0 Å². The van der Waals surface area contributed by atoms with Crippen molar-refractivity contribution in [2.75, 3.05) is 5.73 Å². The van der Waals surface area contributed by atoms with Crippen molar-refractivity contribution in [3.05, 3.63) is 35.4 Å². The van der Waals surface area contributed by atoms with Crippen molar-refractivity contribution in [3.63, 3.8) is 0 Å². The third kappa shape index (κ3) is 3.03. The maximum absolute atomic E-state index is 5.98. The number of anilines is 1. The largest absolute Gasteiger partial charge is 0.382 e. The van der Waals surface area contributed by atoms with E-state index in [1.165, 1.54) is 5.56 Å². The van der Waals surface area contributed by atoms with E-state index in [0.717, 1.165) is 23.2 Å². The van der Waals surface area contributed by atoms with Crippen LogP contribution in [0.15, 0.2) is 24.3 Å². The van der Waals surface area contributed by atoms with Crippen LogP contribution in [0.4, 0.5) is 5.82 Å². The zero-order valence-electron chi connectivity index (χ0n) is 13.1. The van der Waals surface area contributed by atoms with Gasteiger partial charge in [-0.3, -0.25) is 5.10 Å². The second kappa shape index (κ2) is 5.31. The summed E-state index contributed by atoms with van der Waals surface area (Å²) in [6.07, 6.45) is 0.943. The molecule has 0 radical (unpaired) electrons. The van der Waals surface area contributed by atoms with Crippen LogP contribution in [0.3, 0.4) is 0 Å². The van der Waals surface area contributed by atoms with Crippen molar-refractivity contribution in [1.29, 1.82) is 0 Å². The van der Waals surface area contributed by atoms with E-state index in [1.807, 2.05) is 0 Å². The summed E-state index contributed by atoms with van der Waals surface area (Å²) in [4.78, 5) is 0. The lowest BCUT2D eigenvalue weighted by Crippen LogP contribution is -2.10. The number of aromatic nitrogens is 2. The molecule has 0 bridgehead atoms. The molecule has 108 valence electrons. The molecule has 3 nitrogen and oxygen atoms in total. The van der Waals surface area contributed by atoms with Crippen molar-refractivity contribution in [2.24, 2.45) is 5.92 Å². The summed E-state index contributed by atoms with van der Waals surface area (Å²) in [5.74, 6) is 1.18. The Kier molecular flexibility index (Phi) is 3.89. The quantitative estimate of drug-likeness (QED) is 0.881. The monoisotopic (exact) mass is 271 g/mol. The molecule has 2 aromatic rings. The van der Waals surface area contributed by atoms with Crippen LogP contribution in [-0.4, -0.2) is 10.2 Å². The minimum absolute atomic E-state index is 0.173. The van der Waals surface area contributed by atoms with E-state index in [0.29, 0.717) is 11.7 Å². The summed E-state index contributed by atoms with van der Waals surface area (Å²) in [7, 11) is 0. The van der Waals surface area contributed by atoms with Gasteiger partial charge in [0.25, 0.3) is 0 Å². The molecule has 0 aliphatic heterocycles. The highest BCUT2D eigenvalue weighted by Crippen LogP contribution is 2.30. The van der Waals surface area contributed by atoms with Gasteiger partial charge in [0.15, 0.2) is 0 Å². The van der Waals surface area contributed by atoms with Gasteiger partial charge in [0.1, 0.15) is 5.82 Å². The van der Waals surface area contributed by atoms with E-state index in [-0.39, 0.29) is 5.41 Å². The Morgan fingerprint density at radius 2 is 1.75 bits per heavy atom. The van der Waals surface area contributed by atoms with Gasteiger partial charge in [-0.2, -0.15) is 5.10 Å². The Morgan fingerprint density at radius 3 is 2.25 bits per heavy atom. The third-order valence-electron chi connectivity index (χ3n) is 3.55. The van der Waals surface area contributed by atoms with Crippen LogP contribution in [0.2, 0.25) is 0 Å². The predicted octanol–water partition coefficient (Wildman–Crippen LogP) is 4.15. The van der Waals surface area contributed by atoms with Crippen LogP contribution in [0.5, 0.6) is 0 Å². The highest BCUT2D eigenvalue weighted by Gasteiger charge is 2.16. The molecule has 0 unspecified atom stereocenters. The molecule has 1 heterocycles. The van der Waals surface area contributed by atoms with Crippen LogP contribution in [0.25, 0.3) is 11.3 Å². The standard InChI is InChI=1S/C17H25N3/c1-11(2)10-14-15(19-20-16(14)18)12-6-8-13(9-7-12)17(3,4)5/h6-9,11H,10H2,1-5H3,(H3,18,19,20). The average Bonchev–Trinajstić information content (AvgIpc) is 2.70. The van der Waals surface area contributed by atoms with Gasteiger partial charge >= 0.3 is 0 Å². The maximum Gasteiger partial charge on any atom is 0.149 e. The fourth-order valence-electron chi connectivity index (χ4n) is 2.37. The molecule has 2 rings (SSSR count). The number of nitrogens with zero attached hydrogens (tertiary/aromatic N) is 1. The fourth-order valence-corrected chi connectivity index (χ4v) is 2.37. The summed E-state index contributed by atoms with van der Waals surface area (Å²) < 4.78 is 0. The number of nitrogen functional groups attached to an aromatic ring is 1. The van der Waals surface area contributed by atoms with E-state index in [4.69, 9.17) is 5.73 Å². The van der Waals surface area contributed by atoms with E-state index in [9.17, 15) is 0 Å². The minimum Gasteiger partial charge on any atom is -0.382 e. The highest BCUT2D eigenvalue weighted by molar-refractivity contribution is 5.68. The van der Waals surface area contributed by atoms with Crippen LogP contribution in [-0.2, 0) is 11.8 Å². The Hall–Kier alpha value is -1.77. The molecule has 0 aliphatic rings. The summed E-state index contributed by atoms with van der Waals surface area (Å²) in [6, 6.07) is 8.67. The van der Waals surface area contributed by atoms with Crippen LogP contribution < -0.4 is 5.73 Å². The van der Waals surface area contributed by atoms with Gasteiger partial charge in [0.2, 0.25) is 0 Å². The van der Waals surface area contributed by atoms with Crippen molar-refractivity contribution in [2.45, 2.75) is 46.5 Å². The number of aromatic amines is 1.